The van der Waals surface area contributed by atoms with E-state index in [1.807, 2.05) is 37.3 Å². The molecule has 3 rings (SSSR count). The molecule has 0 aromatic heterocycles. The molecule has 1 aliphatic rings. The van der Waals surface area contributed by atoms with Crippen LogP contribution in [-0.4, -0.2) is 23.4 Å². The first kappa shape index (κ1) is 20.9. The number of ether oxygens (including phenoxy) is 1. The average molecular weight is 401 g/mol. The number of carbonyl (C=O) groups excluding carboxylic acids is 1. The standard InChI is InChI=1S/C22H25F2N3O2/c1-3-15(2)21(28)27-22(12-7-13-25,16-8-5-4-6-9-16)29-20(26-27)18-14-17(23)10-11-19(18)24/h4-6,8-11,14-15H,3,7,12-13,25H2,1-2H3. The molecule has 0 aliphatic carbocycles. The molecular formula is C22H25F2N3O2. The van der Waals surface area contributed by atoms with Crippen LogP contribution in [-0.2, 0) is 15.3 Å². The Morgan fingerprint density at radius 1 is 1.24 bits per heavy atom. The Kier molecular flexibility index (Phi) is 6.27. The Balaban J connectivity index is 2.15. The molecule has 2 aromatic rings. The van der Waals surface area contributed by atoms with Crippen LogP contribution in [0.5, 0.6) is 0 Å². The Morgan fingerprint density at radius 3 is 2.62 bits per heavy atom. The molecule has 7 heteroatoms. The predicted octanol–water partition coefficient (Wildman–Crippen LogP) is 4.12. The van der Waals surface area contributed by atoms with Gasteiger partial charge in [0.15, 0.2) is 0 Å². The van der Waals surface area contributed by atoms with E-state index in [4.69, 9.17) is 10.5 Å². The molecule has 5 nitrogen and oxygen atoms in total. The molecule has 1 heterocycles. The van der Waals surface area contributed by atoms with E-state index in [2.05, 4.69) is 5.10 Å². The molecule has 2 N–H and O–H groups in total. The van der Waals surface area contributed by atoms with E-state index in [0.29, 0.717) is 31.4 Å². The van der Waals surface area contributed by atoms with E-state index in [1.54, 1.807) is 6.92 Å². The molecule has 2 unspecified atom stereocenters. The third-order valence-electron chi connectivity index (χ3n) is 5.14. The Morgan fingerprint density at radius 2 is 1.97 bits per heavy atom. The van der Waals surface area contributed by atoms with Gasteiger partial charge in [0.25, 0.3) is 0 Å². The summed E-state index contributed by atoms with van der Waals surface area (Å²) >= 11 is 0. The van der Waals surface area contributed by atoms with Gasteiger partial charge in [0.1, 0.15) is 11.6 Å². The number of nitrogens with two attached hydrogens (primary N) is 1. The topological polar surface area (TPSA) is 67.9 Å². The van der Waals surface area contributed by atoms with Crippen LogP contribution in [0.1, 0.15) is 44.2 Å². The lowest BCUT2D eigenvalue weighted by atomic mass is 9.95. The average Bonchev–Trinajstić information content (AvgIpc) is 3.14. The maximum absolute atomic E-state index is 14.4. The zero-order valence-corrected chi connectivity index (χ0v) is 16.6. The minimum Gasteiger partial charge on any atom is -0.443 e. The van der Waals surface area contributed by atoms with Gasteiger partial charge in [-0.05, 0) is 37.6 Å². The molecule has 154 valence electrons. The molecule has 0 radical (unpaired) electrons. The molecule has 2 atom stereocenters. The zero-order valence-electron chi connectivity index (χ0n) is 16.6. The van der Waals surface area contributed by atoms with Gasteiger partial charge in [-0.1, -0.05) is 44.2 Å². The van der Waals surface area contributed by atoms with Gasteiger partial charge in [-0.25, -0.2) is 8.78 Å². The summed E-state index contributed by atoms with van der Waals surface area (Å²) in [5.41, 5.74) is 5.03. The Hall–Kier alpha value is -2.80. The van der Waals surface area contributed by atoms with Gasteiger partial charge in [-0.15, -0.1) is 5.10 Å². The molecule has 0 fully saturated rings. The summed E-state index contributed by atoms with van der Waals surface area (Å²) in [6.45, 7) is 4.09. The number of nitrogens with zero attached hydrogens (tertiary/aromatic N) is 2. The number of carbonyl (C=O) groups is 1. The lowest BCUT2D eigenvalue weighted by Gasteiger charge is -2.36. The molecule has 1 aliphatic heterocycles. The number of amides is 1. The lowest BCUT2D eigenvalue weighted by molar-refractivity contribution is -0.156. The molecule has 0 saturated carbocycles. The summed E-state index contributed by atoms with van der Waals surface area (Å²) in [7, 11) is 0. The number of hydrogen-bond donors (Lipinski definition) is 1. The molecule has 2 aromatic carbocycles. The summed E-state index contributed by atoms with van der Waals surface area (Å²) in [6.07, 6.45) is 1.52. The highest BCUT2D eigenvalue weighted by Crippen LogP contribution is 2.41. The quantitative estimate of drug-likeness (QED) is 0.759. The third-order valence-corrected chi connectivity index (χ3v) is 5.14. The number of benzene rings is 2. The SMILES string of the molecule is CCC(C)C(=O)N1N=C(c2cc(F)ccc2F)OC1(CCCN)c1ccccc1. The molecule has 0 bridgehead atoms. The minimum absolute atomic E-state index is 0.125. The van der Waals surface area contributed by atoms with E-state index in [-0.39, 0.29) is 23.3 Å². The van der Waals surface area contributed by atoms with Crippen molar-refractivity contribution in [2.24, 2.45) is 16.8 Å². The molecule has 0 saturated heterocycles. The van der Waals surface area contributed by atoms with Crippen LogP contribution in [0, 0.1) is 17.6 Å². The van der Waals surface area contributed by atoms with Crippen LogP contribution < -0.4 is 5.73 Å². The van der Waals surface area contributed by atoms with Crippen molar-refractivity contribution in [3.05, 3.63) is 71.3 Å². The highest BCUT2D eigenvalue weighted by atomic mass is 19.1. The highest BCUT2D eigenvalue weighted by molar-refractivity contribution is 5.97. The fourth-order valence-electron chi connectivity index (χ4n) is 3.30. The van der Waals surface area contributed by atoms with Crippen molar-refractivity contribution in [1.29, 1.82) is 0 Å². The Labute approximate surface area is 169 Å². The van der Waals surface area contributed by atoms with Gasteiger partial charge in [0.2, 0.25) is 17.5 Å². The van der Waals surface area contributed by atoms with E-state index in [0.717, 1.165) is 18.2 Å². The van der Waals surface area contributed by atoms with Crippen molar-refractivity contribution in [3.8, 4) is 0 Å². The molecular weight excluding hydrogens is 376 g/mol. The van der Waals surface area contributed by atoms with Crippen molar-refractivity contribution in [2.75, 3.05) is 6.54 Å². The summed E-state index contributed by atoms with van der Waals surface area (Å²) in [5, 5.41) is 5.63. The van der Waals surface area contributed by atoms with Crippen molar-refractivity contribution >= 4 is 11.8 Å². The number of rotatable bonds is 7. The monoisotopic (exact) mass is 401 g/mol. The minimum atomic E-state index is -1.27. The number of hydrazone groups is 1. The largest absolute Gasteiger partial charge is 0.443 e. The first-order valence-electron chi connectivity index (χ1n) is 9.75. The van der Waals surface area contributed by atoms with Gasteiger partial charge in [-0.2, -0.15) is 5.01 Å². The van der Waals surface area contributed by atoms with Gasteiger partial charge >= 0.3 is 0 Å². The second kappa shape index (κ2) is 8.69. The fourth-order valence-corrected chi connectivity index (χ4v) is 3.30. The van der Waals surface area contributed by atoms with Gasteiger partial charge in [-0.3, -0.25) is 4.79 Å². The van der Waals surface area contributed by atoms with Crippen LogP contribution >= 0.6 is 0 Å². The first-order chi connectivity index (χ1) is 13.9. The smallest absolute Gasteiger partial charge is 0.249 e. The lowest BCUT2D eigenvalue weighted by Crippen LogP contribution is -2.47. The number of hydrogen-bond acceptors (Lipinski definition) is 4. The van der Waals surface area contributed by atoms with E-state index in [1.165, 1.54) is 5.01 Å². The first-order valence-corrected chi connectivity index (χ1v) is 9.75. The van der Waals surface area contributed by atoms with E-state index in [9.17, 15) is 13.6 Å². The van der Waals surface area contributed by atoms with Crippen molar-refractivity contribution in [2.45, 2.75) is 38.8 Å². The summed E-state index contributed by atoms with van der Waals surface area (Å²) in [5.74, 6) is -1.99. The maximum atomic E-state index is 14.4. The van der Waals surface area contributed by atoms with Crippen LogP contribution in [0.2, 0.25) is 0 Å². The second-order valence-electron chi connectivity index (χ2n) is 7.13. The molecule has 1 amide bonds. The second-order valence-corrected chi connectivity index (χ2v) is 7.13. The van der Waals surface area contributed by atoms with Crippen LogP contribution in [0.15, 0.2) is 53.6 Å². The predicted molar refractivity (Wildman–Crippen MR) is 107 cm³/mol. The van der Waals surface area contributed by atoms with Crippen molar-refractivity contribution in [3.63, 3.8) is 0 Å². The van der Waals surface area contributed by atoms with Crippen LogP contribution in [0.4, 0.5) is 8.78 Å². The fraction of sp³-hybridized carbons (Fsp3) is 0.364. The van der Waals surface area contributed by atoms with Gasteiger partial charge < -0.3 is 10.5 Å². The zero-order chi connectivity index (χ0) is 21.0. The van der Waals surface area contributed by atoms with Gasteiger partial charge in [0, 0.05) is 17.9 Å². The van der Waals surface area contributed by atoms with Crippen LogP contribution in [0.3, 0.4) is 0 Å². The van der Waals surface area contributed by atoms with Crippen molar-refractivity contribution in [1.82, 2.24) is 5.01 Å². The van der Waals surface area contributed by atoms with Crippen molar-refractivity contribution < 1.29 is 18.3 Å². The Bertz CT molecular complexity index is 904. The maximum Gasteiger partial charge on any atom is 0.249 e. The summed E-state index contributed by atoms with van der Waals surface area (Å²) in [6, 6.07) is 12.2. The highest BCUT2D eigenvalue weighted by Gasteiger charge is 2.50. The van der Waals surface area contributed by atoms with E-state index >= 15 is 0 Å². The molecule has 29 heavy (non-hydrogen) atoms. The summed E-state index contributed by atoms with van der Waals surface area (Å²) < 4.78 is 34.4. The molecule has 0 spiro atoms. The number of halogens is 2. The van der Waals surface area contributed by atoms with Gasteiger partial charge in [0.05, 0.1) is 5.56 Å². The van der Waals surface area contributed by atoms with Crippen LogP contribution in [0.25, 0.3) is 0 Å². The normalized spacial score (nSPS) is 19.6. The van der Waals surface area contributed by atoms with E-state index < -0.39 is 17.4 Å². The summed E-state index contributed by atoms with van der Waals surface area (Å²) in [4.78, 5) is 13.2. The third kappa shape index (κ3) is 4.00.